The Kier molecular flexibility index (Phi) is 3.89. The van der Waals surface area contributed by atoms with Gasteiger partial charge in [-0.15, -0.1) is 0 Å². The van der Waals surface area contributed by atoms with Gasteiger partial charge >= 0.3 is 0 Å². The Hall–Kier alpha value is -2.40. The lowest BCUT2D eigenvalue weighted by Gasteiger charge is -2.40. The van der Waals surface area contributed by atoms with Crippen molar-refractivity contribution in [3.05, 3.63) is 59.5 Å². The van der Waals surface area contributed by atoms with Gasteiger partial charge in [0.25, 0.3) is 0 Å². The van der Waals surface area contributed by atoms with Gasteiger partial charge in [0.15, 0.2) is 5.58 Å². The molecule has 26 heavy (non-hydrogen) atoms. The highest BCUT2D eigenvalue weighted by molar-refractivity contribution is 5.79. The molecule has 4 nitrogen and oxygen atoms in total. The number of benzene rings is 2. The normalized spacial score (nSPS) is 21.5. The zero-order valence-electron chi connectivity index (χ0n) is 14.6. The van der Waals surface area contributed by atoms with Gasteiger partial charge in [0.05, 0.1) is 11.9 Å². The van der Waals surface area contributed by atoms with Crippen LogP contribution in [0.5, 0.6) is 0 Å². The molecule has 5 rings (SSSR count). The Morgan fingerprint density at radius 1 is 1.08 bits per heavy atom. The molecule has 1 fully saturated rings. The molecular formula is C21H22FN3O. The molecule has 0 saturated carbocycles. The smallest absolute Gasteiger partial charge is 0.170 e. The molecule has 3 aromatic rings. The van der Waals surface area contributed by atoms with E-state index < -0.39 is 0 Å². The van der Waals surface area contributed by atoms with Gasteiger partial charge in [0.2, 0.25) is 0 Å². The van der Waals surface area contributed by atoms with Gasteiger partial charge in [-0.05, 0) is 49.4 Å². The van der Waals surface area contributed by atoms with Crippen LogP contribution in [-0.2, 0) is 6.42 Å². The molecule has 2 aliphatic rings. The van der Waals surface area contributed by atoms with E-state index in [4.69, 9.17) is 4.52 Å². The van der Waals surface area contributed by atoms with Crippen molar-refractivity contribution in [3.63, 3.8) is 0 Å². The third-order valence-corrected chi connectivity index (χ3v) is 5.85. The van der Waals surface area contributed by atoms with Crippen LogP contribution >= 0.6 is 0 Å². The Balaban J connectivity index is 1.28. The van der Waals surface area contributed by atoms with E-state index in [0.717, 1.165) is 49.9 Å². The first kappa shape index (κ1) is 15.8. The molecule has 1 unspecified atom stereocenters. The van der Waals surface area contributed by atoms with E-state index in [1.165, 1.54) is 23.4 Å². The second kappa shape index (κ2) is 6.40. The monoisotopic (exact) mass is 351 g/mol. The Morgan fingerprint density at radius 3 is 2.81 bits per heavy atom. The summed E-state index contributed by atoms with van der Waals surface area (Å²) in [4.78, 5) is 2.55. The predicted octanol–water partition coefficient (Wildman–Crippen LogP) is 4.53. The number of anilines is 1. The quantitative estimate of drug-likeness (QED) is 0.736. The second-order valence-electron chi connectivity index (χ2n) is 7.37. The van der Waals surface area contributed by atoms with E-state index >= 15 is 0 Å². The van der Waals surface area contributed by atoms with Gasteiger partial charge < -0.3 is 9.84 Å². The Labute approximate surface area is 152 Å². The molecule has 0 radical (unpaired) electrons. The number of aryl methyl sites for hydroxylation is 1. The number of hydrogen-bond acceptors (Lipinski definition) is 4. The highest BCUT2D eigenvalue weighted by atomic mass is 19.1. The van der Waals surface area contributed by atoms with Crippen molar-refractivity contribution in [3.8, 4) is 0 Å². The van der Waals surface area contributed by atoms with E-state index in [1.54, 1.807) is 6.07 Å². The number of rotatable bonds is 2. The summed E-state index contributed by atoms with van der Waals surface area (Å²) in [5, 5.41) is 8.91. The molecule has 1 N–H and O–H groups in total. The third-order valence-electron chi connectivity index (χ3n) is 5.85. The maximum absolute atomic E-state index is 13.3. The van der Waals surface area contributed by atoms with Crippen LogP contribution in [0, 0.1) is 5.82 Å². The van der Waals surface area contributed by atoms with Crippen molar-refractivity contribution < 1.29 is 8.91 Å². The van der Waals surface area contributed by atoms with E-state index in [-0.39, 0.29) is 5.82 Å². The van der Waals surface area contributed by atoms with Gasteiger partial charge in [-0.1, -0.05) is 23.4 Å². The first-order chi connectivity index (χ1) is 12.8. The minimum atomic E-state index is -0.279. The molecular weight excluding hydrogens is 329 g/mol. The number of hydrogen-bond donors (Lipinski definition) is 1. The topological polar surface area (TPSA) is 41.3 Å². The van der Waals surface area contributed by atoms with Gasteiger partial charge in [0, 0.05) is 36.1 Å². The number of nitrogens with zero attached hydrogens (tertiary/aromatic N) is 2. The van der Waals surface area contributed by atoms with Crippen LogP contribution in [0.2, 0.25) is 0 Å². The number of aromatic nitrogens is 1. The zero-order valence-corrected chi connectivity index (χ0v) is 14.6. The predicted molar refractivity (Wildman–Crippen MR) is 99.7 cm³/mol. The number of fused-ring (bicyclic) bond motifs is 2. The molecule has 2 aromatic carbocycles. The van der Waals surface area contributed by atoms with Gasteiger partial charge in [0.1, 0.15) is 5.82 Å². The van der Waals surface area contributed by atoms with Crippen molar-refractivity contribution in [2.45, 2.75) is 37.8 Å². The van der Waals surface area contributed by atoms with Crippen molar-refractivity contribution >= 4 is 16.7 Å². The van der Waals surface area contributed by atoms with E-state index in [9.17, 15) is 4.39 Å². The van der Waals surface area contributed by atoms with Crippen molar-refractivity contribution in [1.82, 2.24) is 10.1 Å². The highest BCUT2D eigenvalue weighted by Crippen LogP contribution is 2.34. The molecule has 1 aromatic heterocycles. The van der Waals surface area contributed by atoms with Crippen LogP contribution in [0.3, 0.4) is 0 Å². The van der Waals surface area contributed by atoms with Crippen LogP contribution in [0.4, 0.5) is 10.1 Å². The molecule has 0 bridgehead atoms. The number of piperidine rings is 1. The molecule has 1 atom stereocenters. The van der Waals surface area contributed by atoms with Crippen LogP contribution < -0.4 is 5.32 Å². The summed E-state index contributed by atoms with van der Waals surface area (Å²) in [6.45, 7) is 2.08. The van der Waals surface area contributed by atoms with Crippen molar-refractivity contribution in [2.24, 2.45) is 0 Å². The number of para-hydroxylation sites is 1. The lowest BCUT2D eigenvalue weighted by Crippen LogP contribution is -2.46. The maximum atomic E-state index is 13.3. The summed E-state index contributed by atoms with van der Waals surface area (Å²) in [5.74, 6) is 0.104. The fraction of sp³-hybridized carbons (Fsp3) is 0.381. The average Bonchev–Trinajstić information content (AvgIpc) is 3.10. The number of likely N-dealkylation sites (tertiary alicyclic amines) is 1. The van der Waals surface area contributed by atoms with Gasteiger partial charge in [-0.2, -0.15) is 0 Å². The minimum absolute atomic E-state index is 0.279. The zero-order chi connectivity index (χ0) is 17.5. The minimum Gasteiger partial charge on any atom is -0.369 e. The standard InChI is InChI=1S/C21H22FN3O/c22-16-6-7-17-19(13-16)26-24-21(17)15-9-11-25(12-10-15)20-8-5-14-3-1-2-4-18(14)23-20/h1-4,6-7,13,15,20,23H,5,8-12H2. The lowest BCUT2D eigenvalue weighted by molar-refractivity contribution is 0.156. The van der Waals surface area contributed by atoms with E-state index in [1.807, 2.05) is 0 Å². The fourth-order valence-corrected chi connectivity index (χ4v) is 4.41. The number of nitrogens with one attached hydrogen (secondary N) is 1. The molecule has 3 heterocycles. The first-order valence-electron chi connectivity index (χ1n) is 9.41. The summed E-state index contributed by atoms with van der Waals surface area (Å²) in [6, 6.07) is 13.3. The molecule has 0 aliphatic carbocycles. The van der Waals surface area contributed by atoms with Crippen LogP contribution in [0.1, 0.15) is 36.4 Å². The highest BCUT2D eigenvalue weighted by Gasteiger charge is 2.30. The van der Waals surface area contributed by atoms with Crippen molar-refractivity contribution in [2.75, 3.05) is 18.4 Å². The van der Waals surface area contributed by atoms with E-state index in [2.05, 4.69) is 39.6 Å². The molecule has 1 saturated heterocycles. The Bertz CT molecular complexity index is 930. The molecule has 0 spiro atoms. The van der Waals surface area contributed by atoms with Gasteiger partial charge in [-0.3, -0.25) is 4.90 Å². The molecule has 2 aliphatic heterocycles. The fourth-order valence-electron chi connectivity index (χ4n) is 4.41. The first-order valence-corrected chi connectivity index (χ1v) is 9.41. The van der Waals surface area contributed by atoms with Crippen LogP contribution in [0.25, 0.3) is 11.0 Å². The SMILES string of the molecule is Fc1ccc2c(C3CCN(C4CCc5ccccc5N4)CC3)noc2c1. The Morgan fingerprint density at radius 2 is 1.92 bits per heavy atom. The average molecular weight is 351 g/mol. The maximum Gasteiger partial charge on any atom is 0.170 e. The summed E-state index contributed by atoms with van der Waals surface area (Å²) in [6.07, 6.45) is 4.80. The van der Waals surface area contributed by atoms with Crippen LogP contribution in [0.15, 0.2) is 47.0 Å². The number of halogens is 1. The largest absolute Gasteiger partial charge is 0.369 e. The summed E-state index contributed by atoms with van der Waals surface area (Å²) in [7, 11) is 0. The van der Waals surface area contributed by atoms with Gasteiger partial charge in [-0.25, -0.2) is 4.39 Å². The third kappa shape index (κ3) is 2.76. The van der Waals surface area contributed by atoms with E-state index in [0.29, 0.717) is 17.7 Å². The second-order valence-corrected chi connectivity index (χ2v) is 7.37. The summed E-state index contributed by atoms with van der Waals surface area (Å²) >= 11 is 0. The molecule has 5 heteroatoms. The summed E-state index contributed by atoms with van der Waals surface area (Å²) < 4.78 is 18.7. The lowest BCUT2D eigenvalue weighted by atomic mass is 9.90. The molecule has 134 valence electrons. The van der Waals surface area contributed by atoms with Crippen LogP contribution in [-0.4, -0.2) is 29.3 Å². The summed E-state index contributed by atoms with van der Waals surface area (Å²) in [5.41, 5.74) is 4.23. The van der Waals surface area contributed by atoms with Crippen molar-refractivity contribution in [1.29, 1.82) is 0 Å². The molecule has 0 amide bonds.